The summed E-state index contributed by atoms with van der Waals surface area (Å²) in [5.41, 5.74) is 2.25. The van der Waals surface area contributed by atoms with Crippen LogP contribution in [0, 0.1) is 18.7 Å². The lowest BCUT2D eigenvalue weighted by molar-refractivity contribution is -0.129. The van der Waals surface area contributed by atoms with E-state index in [9.17, 15) is 19.1 Å². The summed E-state index contributed by atoms with van der Waals surface area (Å²) in [6, 6.07) is 7.61. The minimum Gasteiger partial charge on any atom is -0.391 e. The molecule has 10 heteroatoms. The summed E-state index contributed by atoms with van der Waals surface area (Å²) in [7, 11) is 0. The van der Waals surface area contributed by atoms with E-state index in [1.165, 1.54) is 19.1 Å². The summed E-state index contributed by atoms with van der Waals surface area (Å²) in [5, 5.41) is 19.3. The fourth-order valence-corrected chi connectivity index (χ4v) is 4.46. The van der Waals surface area contributed by atoms with Crippen LogP contribution in [0.2, 0.25) is 0 Å². The molecular weight excluding hydrogens is 453 g/mol. The molecule has 4 rings (SSSR count). The number of hydrogen-bond acceptors (Lipinski definition) is 7. The molecule has 2 amide bonds. The van der Waals surface area contributed by atoms with Crippen molar-refractivity contribution in [3.05, 3.63) is 58.9 Å². The minimum atomic E-state index is -1.01. The first-order valence-electron chi connectivity index (χ1n) is 11.9. The highest BCUT2D eigenvalue weighted by Crippen LogP contribution is 2.33. The Bertz CT molecular complexity index is 1100. The molecule has 0 saturated heterocycles. The zero-order chi connectivity index (χ0) is 24.9. The zero-order valence-corrected chi connectivity index (χ0v) is 19.8. The Morgan fingerprint density at radius 1 is 1.17 bits per heavy atom. The molecule has 0 radical (unpaired) electrons. The molecule has 35 heavy (non-hydrogen) atoms. The Labute approximate surface area is 203 Å². The highest BCUT2D eigenvalue weighted by molar-refractivity contribution is 6.01. The average molecular weight is 484 g/mol. The van der Waals surface area contributed by atoms with E-state index in [4.69, 9.17) is 4.84 Å². The van der Waals surface area contributed by atoms with Crippen LogP contribution in [-0.2, 0) is 16.2 Å². The second-order valence-corrected chi connectivity index (χ2v) is 9.18. The molecule has 1 unspecified atom stereocenters. The van der Waals surface area contributed by atoms with E-state index in [0.29, 0.717) is 29.6 Å². The summed E-state index contributed by atoms with van der Waals surface area (Å²) in [4.78, 5) is 38.8. The lowest BCUT2D eigenvalue weighted by Gasteiger charge is -2.31. The molecule has 1 aromatic carbocycles. The van der Waals surface area contributed by atoms with Gasteiger partial charge in [-0.2, -0.15) is 0 Å². The number of aliphatic hydroxyl groups is 1. The number of hydrogen-bond donors (Lipinski definition) is 3. The Kier molecular flexibility index (Phi) is 7.70. The summed E-state index contributed by atoms with van der Waals surface area (Å²) >= 11 is 0. The van der Waals surface area contributed by atoms with Crippen molar-refractivity contribution < 1.29 is 23.9 Å². The fraction of sp³-hybridized carbons (Fsp3) is 0.480. The summed E-state index contributed by atoms with van der Waals surface area (Å²) in [6.45, 7) is 3.43. The molecule has 3 N–H and O–H groups in total. The molecule has 2 atom stereocenters. The highest BCUT2D eigenvalue weighted by atomic mass is 19.1. The van der Waals surface area contributed by atoms with E-state index < -0.39 is 6.10 Å². The summed E-state index contributed by atoms with van der Waals surface area (Å²) in [6.07, 6.45) is 2.92. The van der Waals surface area contributed by atoms with Gasteiger partial charge in [-0.15, -0.1) is 0 Å². The molecule has 0 spiro atoms. The van der Waals surface area contributed by atoms with E-state index in [2.05, 4.69) is 25.8 Å². The van der Waals surface area contributed by atoms with Crippen molar-refractivity contribution in [2.45, 2.75) is 70.7 Å². The molecule has 1 fully saturated rings. The largest absolute Gasteiger partial charge is 0.391 e. The fourth-order valence-electron chi connectivity index (χ4n) is 4.46. The quantitative estimate of drug-likeness (QED) is 0.555. The number of carbonyl (C=O) groups is 2. The monoisotopic (exact) mass is 483 g/mol. The van der Waals surface area contributed by atoms with Gasteiger partial charge in [0.15, 0.2) is 0 Å². The molecule has 2 aromatic rings. The van der Waals surface area contributed by atoms with Gasteiger partial charge in [-0.25, -0.2) is 14.4 Å². The van der Waals surface area contributed by atoms with Crippen LogP contribution in [0.5, 0.6) is 0 Å². The average Bonchev–Trinajstić information content (AvgIpc) is 3.34. The maximum absolute atomic E-state index is 13.1. The minimum absolute atomic E-state index is 0.0654. The molecular formula is C25H30FN5O4. The van der Waals surface area contributed by atoms with Crippen molar-refractivity contribution in [1.82, 2.24) is 20.6 Å². The van der Waals surface area contributed by atoms with Gasteiger partial charge in [0, 0.05) is 19.0 Å². The van der Waals surface area contributed by atoms with E-state index in [-0.39, 0.29) is 42.0 Å². The number of carbonyl (C=O) groups excluding carboxylic acids is 2. The van der Waals surface area contributed by atoms with Crippen LogP contribution in [0.4, 0.5) is 4.39 Å². The van der Waals surface area contributed by atoms with Gasteiger partial charge in [-0.05, 0) is 69.2 Å². The first-order chi connectivity index (χ1) is 16.8. The van der Waals surface area contributed by atoms with Gasteiger partial charge in [0.2, 0.25) is 5.91 Å². The third-order valence-electron chi connectivity index (χ3n) is 6.45. The normalized spacial score (nSPS) is 22.6. The molecule has 2 aliphatic rings. The van der Waals surface area contributed by atoms with Gasteiger partial charge in [0.25, 0.3) is 5.91 Å². The first kappa shape index (κ1) is 24.7. The second kappa shape index (κ2) is 10.9. The van der Waals surface area contributed by atoms with Crippen LogP contribution in [0.25, 0.3) is 0 Å². The van der Waals surface area contributed by atoms with Crippen LogP contribution < -0.4 is 10.6 Å². The number of oxime groups is 1. The Morgan fingerprint density at radius 2 is 1.89 bits per heavy atom. The van der Waals surface area contributed by atoms with Crippen molar-refractivity contribution in [3.8, 4) is 0 Å². The van der Waals surface area contributed by atoms with Gasteiger partial charge in [0.1, 0.15) is 35.3 Å². The van der Waals surface area contributed by atoms with Crippen LogP contribution in [-0.4, -0.2) is 50.9 Å². The zero-order valence-electron chi connectivity index (χ0n) is 19.8. The van der Waals surface area contributed by atoms with Crippen LogP contribution in [0.3, 0.4) is 0 Å². The van der Waals surface area contributed by atoms with Crippen molar-refractivity contribution in [1.29, 1.82) is 0 Å². The van der Waals surface area contributed by atoms with E-state index in [1.54, 1.807) is 25.1 Å². The maximum Gasteiger partial charge on any atom is 0.270 e. The van der Waals surface area contributed by atoms with Crippen molar-refractivity contribution in [2.24, 2.45) is 11.1 Å². The number of amides is 2. The number of rotatable bonds is 7. The maximum atomic E-state index is 13.1. The lowest BCUT2D eigenvalue weighted by atomic mass is 9.81. The van der Waals surface area contributed by atoms with Crippen LogP contribution in [0.1, 0.15) is 66.6 Å². The van der Waals surface area contributed by atoms with Gasteiger partial charge >= 0.3 is 0 Å². The number of aromatic nitrogens is 2. The number of halogens is 1. The predicted octanol–water partition coefficient (Wildman–Crippen LogP) is 2.40. The van der Waals surface area contributed by atoms with Gasteiger partial charge in [-0.1, -0.05) is 17.3 Å². The second-order valence-electron chi connectivity index (χ2n) is 9.18. The predicted molar refractivity (Wildman–Crippen MR) is 126 cm³/mol. The standard InChI is InChI=1S/C25H30FN5O4/c1-14(32)24(33)30-19-9-5-17(6-10-19)23-12-21(31-35-23)20-11-22(29-15(2)28-20)25(34)27-13-16-3-7-18(26)8-4-16/h3-4,7-8,11,14,17,19,23,32H,5-6,9-10,12-13H2,1-2H3,(H,27,34)(H,30,33)/t14-,17-,19-,23?/m0/s1. The van der Waals surface area contributed by atoms with Crippen molar-refractivity contribution >= 4 is 17.5 Å². The smallest absolute Gasteiger partial charge is 0.270 e. The molecule has 1 aromatic heterocycles. The topological polar surface area (TPSA) is 126 Å². The van der Waals surface area contributed by atoms with E-state index in [1.807, 2.05) is 0 Å². The first-order valence-corrected chi connectivity index (χ1v) is 11.9. The summed E-state index contributed by atoms with van der Waals surface area (Å²) < 4.78 is 13.1. The third kappa shape index (κ3) is 6.39. The number of aryl methyl sites for hydroxylation is 1. The number of benzene rings is 1. The third-order valence-corrected chi connectivity index (χ3v) is 6.45. The van der Waals surface area contributed by atoms with E-state index >= 15 is 0 Å². The highest BCUT2D eigenvalue weighted by Gasteiger charge is 2.34. The number of nitrogens with one attached hydrogen (secondary N) is 2. The van der Waals surface area contributed by atoms with E-state index in [0.717, 1.165) is 31.2 Å². The lowest BCUT2D eigenvalue weighted by Crippen LogP contribution is -2.43. The van der Waals surface area contributed by atoms with Crippen molar-refractivity contribution in [2.75, 3.05) is 0 Å². The molecule has 1 aliphatic carbocycles. The van der Waals surface area contributed by atoms with Crippen LogP contribution in [0.15, 0.2) is 35.5 Å². The Balaban J connectivity index is 1.32. The van der Waals surface area contributed by atoms with Gasteiger partial charge in [-0.3, -0.25) is 9.59 Å². The molecule has 1 aliphatic heterocycles. The summed E-state index contributed by atoms with van der Waals surface area (Å²) in [5.74, 6) is -0.264. The van der Waals surface area contributed by atoms with Crippen molar-refractivity contribution in [3.63, 3.8) is 0 Å². The molecule has 0 bridgehead atoms. The Morgan fingerprint density at radius 3 is 2.57 bits per heavy atom. The number of aliphatic hydroxyl groups excluding tert-OH is 1. The van der Waals surface area contributed by atoms with Crippen LogP contribution >= 0.6 is 0 Å². The van der Waals surface area contributed by atoms with Gasteiger partial charge < -0.3 is 20.6 Å². The molecule has 186 valence electrons. The SMILES string of the molecule is Cc1nc(C(=O)NCc2ccc(F)cc2)cc(C2=NOC([C@H]3CC[C@H](NC(=O)[C@H](C)O)CC3)C2)n1. The molecule has 9 nitrogen and oxygen atoms in total. The number of nitrogens with zero attached hydrogens (tertiary/aromatic N) is 3. The molecule has 1 saturated carbocycles. The Hall–Kier alpha value is -3.40. The van der Waals surface area contributed by atoms with Gasteiger partial charge in [0.05, 0.1) is 5.69 Å². The molecule has 2 heterocycles.